The smallest absolute Gasteiger partial charge is 0.272 e. The van der Waals surface area contributed by atoms with Gasteiger partial charge in [-0.05, 0) is 32.9 Å². The molecule has 1 aromatic carbocycles. The highest BCUT2D eigenvalue weighted by Gasteiger charge is 2.19. The van der Waals surface area contributed by atoms with Gasteiger partial charge in [0.05, 0.1) is 22.3 Å². The van der Waals surface area contributed by atoms with Crippen molar-refractivity contribution in [3.8, 4) is 5.69 Å². The van der Waals surface area contributed by atoms with Crippen LogP contribution in [0, 0.1) is 17.0 Å². The molecule has 0 radical (unpaired) electrons. The second-order valence-electron chi connectivity index (χ2n) is 5.00. The molecule has 0 aliphatic rings. The average Bonchev–Trinajstić information content (AvgIpc) is 2.76. The Morgan fingerprint density at radius 3 is 2.58 bits per heavy atom. The van der Waals surface area contributed by atoms with Gasteiger partial charge >= 0.3 is 0 Å². The second-order valence-corrected chi connectivity index (χ2v) is 5.00. The predicted octanol–water partition coefficient (Wildman–Crippen LogP) is 1.68. The molecular weight excluding hydrogens is 246 g/mol. The fraction of sp³-hybridized carbons (Fsp3) is 0.333. The van der Waals surface area contributed by atoms with Gasteiger partial charge in [-0.25, -0.2) is 4.68 Å². The molecule has 0 spiro atoms. The molecule has 0 saturated heterocycles. The maximum atomic E-state index is 10.8. The van der Waals surface area contributed by atoms with Gasteiger partial charge in [-0.1, -0.05) is 5.21 Å². The van der Waals surface area contributed by atoms with Crippen molar-refractivity contribution in [2.75, 3.05) is 0 Å². The summed E-state index contributed by atoms with van der Waals surface area (Å²) in [7, 11) is 0. The molecule has 2 rings (SSSR count). The van der Waals surface area contributed by atoms with E-state index in [1.807, 2.05) is 13.8 Å². The van der Waals surface area contributed by atoms with Gasteiger partial charge in [-0.3, -0.25) is 10.1 Å². The fourth-order valence-electron chi connectivity index (χ4n) is 1.67. The number of nitrogens with zero attached hydrogens (tertiary/aromatic N) is 4. The van der Waals surface area contributed by atoms with E-state index in [0.717, 1.165) is 0 Å². The number of aromatic nitrogens is 3. The minimum absolute atomic E-state index is 0.0863. The molecule has 1 aromatic heterocycles. The van der Waals surface area contributed by atoms with E-state index in [1.165, 1.54) is 6.07 Å². The van der Waals surface area contributed by atoms with Crippen LogP contribution >= 0.6 is 0 Å². The monoisotopic (exact) mass is 261 g/mol. The number of aryl methyl sites for hydroxylation is 1. The van der Waals surface area contributed by atoms with E-state index < -0.39 is 10.5 Å². The molecule has 7 nitrogen and oxygen atoms in total. The largest absolute Gasteiger partial charge is 0.320 e. The first-order valence-corrected chi connectivity index (χ1v) is 5.76. The predicted molar refractivity (Wildman–Crippen MR) is 70.0 cm³/mol. The highest BCUT2D eigenvalue weighted by Crippen LogP contribution is 2.21. The Bertz CT molecular complexity index is 627. The third kappa shape index (κ3) is 2.60. The number of nitrogens with two attached hydrogens (primary N) is 1. The Morgan fingerprint density at radius 1 is 1.42 bits per heavy atom. The van der Waals surface area contributed by atoms with Crippen molar-refractivity contribution >= 4 is 5.69 Å². The lowest BCUT2D eigenvalue weighted by atomic mass is 10.0. The van der Waals surface area contributed by atoms with Gasteiger partial charge in [0.1, 0.15) is 5.69 Å². The fourth-order valence-corrected chi connectivity index (χ4v) is 1.67. The molecule has 0 amide bonds. The van der Waals surface area contributed by atoms with Crippen LogP contribution in [0.3, 0.4) is 0 Å². The summed E-state index contributed by atoms with van der Waals surface area (Å²) < 4.78 is 1.56. The lowest BCUT2D eigenvalue weighted by Crippen LogP contribution is -2.29. The van der Waals surface area contributed by atoms with Crippen LogP contribution in [0.2, 0.25) is 0 Å². The van der Waals surface area contributed by atoms with E-state index in [4.69, 9.17) is 5.73 Å². The first-order chi connectivity index (χ1) is 8.79. The van der Waals surface area contributed by atoms with E-state index in [2.05, 4.69) is 10.3 Å². The van der Waals surface area contributed by atoms with Gasteiger partial charge in [-0.2, -0.15) is 0 Å². The Balaban J connectivity index is 2.40. The van der Waals surface area contributed by atoms with Crippen molar-refractivity contribution < 1.29 is 4.92 Å². The molecule has 0 atom stereocenters. The van der Waals surface area contributed by atoms with Gasteiger partial charge in [0.25, 0.3) is 5.69 Å². The van der Waals surface area contributed by atoms with Gasteiger partial charge in [0, 0.05) is 11.6 Å². The molecule has 0 unspecified atom stereocenters. The van der Waals surface area contributed by atoms with Crippen LogP contribution in [0.1, 0.15) is 25.1 Å². The van der Waals surface area contributed by atoms with Gasteiger partial charge < -0.3 is 5.73 Å². The van der Waals surface area contributed by atoms with E-state index >= 15 is 0 Å². The molecule has 0 aliphatic carbocycles. The summed E-state index contributed by atoms with van der Waals surface area (Å²) in [5, 5.41) is 18.7. The number of hydrogen-bond acceptors (Lipinski definition) is 5. The van der Waals surface area contributed by atoms with E-state index in [-0.39, 0.29) is 5.69 Å². The minimum Gasteiger partial charge on any atom is -0.320 e. The van der Waals surface area contributed by atoms with Crippen molar-refractivity contribution in [1.82, 2.24) is 15.0 Å². The first kappa shape index (κ1) is 13.2. The lowest BCUT2D eigenvalue weighted by molar-refractivity contribution is -0.385. The molecule has 7 heteroatoms. The van der Waals surface area contributed by atoms with Crippen molar-refractivity contribution in [2.24, 2.45) is 5.73 Å². The quantitative estimate of drug-likeness (QED) is 0.669. The second kappa shape index (κ2) is 4.43. The topological polar surface area (TPSA) is 99.9 Å². The SMILES string of the molecule is Cc1cc(-n2cc(C(C)(C)N)nn2)ccc1[N+](=O)[O-]. The van der Waals surface area contributed by atoms with Crippen molar-refractivity contribution in [3.63, 3.8) is 0 Å². The highest BCUT2D eigenvalue weighted by atomic mass is 16.6. The number of nitro groups is 1. The summed E-state index contributed by atoms with van der Waals surface area (Å²) in [6.07, 6.45) is 1.72. The molecule has 0 fully saturated rings. The van der Waals surface area contributed by atoms with Crippen LogP contribution < -0.4 is 5.73 Å². The number of rotatable bonds is 3. The molecule has 1 heterocycles. The standard InChI is InChI=1S/C12H15N5O2/c1-8-6-9(4-5-10(8)17(18)19)16-7-11(14-15-16)12(2,3)13/h4-7H,13H2,1-3H3. The van der Waals surface area contributed by atoms with Crippen LogP contribution in [-0.4, -0.2) is 19.9 Å². The minimum atomic E-state index is -0.575. The molecule has 2 aromatic rings. The van der Waals surface area contributed by atoms with E-state index in [1.54, 1.807) is 29.9 Å². The third-order valence-corrected chi connectivity index (χ3v) is 2.80. The Labute approximate surface area is 110 Å². The highest BCUT2D eigenvalue weighted by molar-refractivity contribution is 5.47. The van der Waals surface area contributed by atoms with Gasteiger partial charge in [0.15, 0.2) is 0 Å². The van der Waals surface area contributed by atoms with Crippen LogP contribution in [0.4, 0.5) is 5.69 Å². The molecule has 0 saturated carbocycles. The zero-order valence-corrected chi connectivity index (χ0v) is 11.0. The van der Waals surface area contributed by atoms with Crippen molar-refractivity contribution in [2.45, 2.75) is 26.3 Å². The normalized spacial score (nSPS) is 11.6. The molecule has 0 bridgehead atoms. The molecular formula is C12H15N5O2. The summed E-state index contributed by atoms with van der Waals surface area (Å²) in [4.78, 5) is 10.4. The van der Waals surface area contributed by atoms with Crippen LogP contribution in [0.5, 0.6) is 0 Å². The summed E-state index contributed by atoms with van der Waals surface area (Å²) in [5.41, 5.74) is 7.39. The number of benzene rings is 1. The maximum Gasteiger partial charge on any atom is 0.272 e. The summed E-state index contributed by atoms with van der Waals surface area (Å²) in [6, 6.07) is 4.78. The zero-order chi connectivity index (χ0) is 14.2. The van der Waals surface area contributed by atoms with E-state index in [9.17, 15) is 10.1 Å². The molecule has 19 heavy (non-hydrogen) atoms. The Hall–Kier alpha value is -2.28. The summed E-state index contributed by atoms with van der Waals surface area (Å²) in [6.45, 7) is 5.36. The van der Waals surface area contributed by atoms with Crippen molar-refractivity contribution in [1.29, 1.82) is 0 Å². The summed E-state index contributed by atoms with van der Waals surface area (Å²) >= 11 is 0. The van der Waals surface area contributed by atoms with E-state index in [0.29, 0.717) is 16.9 Å². The Morgan fingerprint density at radius 2 is 2.11 bits per heavy atom. The van der Waals surface area contributed by atoms with Gasteiger partial charge in [0.2, 0.25) is 0 Å². The van der Waals surface area contributed by atoms with Crippen LogP contribution in [-0.2, 0) is 5.54 Å². The molecule has 0 aliphatic heterocycles. The number of nitro benzene ring substituents is 1. The third-order valence-electron chi connectivity index (χ3n) is 2.80. The molecule has 100 valence electrons. The number of hydrogen-bond donors (Lipinski definition) is 1. The first-order valence-electron chi connectivity index (χ1n) is 5.76. The summed E-state index contributed by atoms with van der Waals surface area (Å²) in [5.74, 6) is 0. The van der Waals surface area contributed by atoms with Crippen molar-refractivity contribution in [3.05, 3.63) is 45.8 Å². The maximum absolute atomic E-state index is 10.8. The van der Waals surface area contributed by atoms with Crippen LogP contribution in [0.15, 0.2) is 24.4 Å². The van der Waals surface area contributed by atoms with Gasteiger partial charge in [-0.15, -0.1) is 5.10 Å². The Kier molecular flexibility index (Phi) is 3.07. The lowest BCUT2D eigenvalue weighted by Gasteiger charge is -2.13. The van der Waals surface area contributed by atoms with Crippen LogP contribution in [0.25, 0.3) is 5.69 Å². The molecule has 2 N–H and O–H groups in total. The zero-order valence-electron chi connectivity index (χ0n) is 11.0. The average molecular weight is 261 g/mol.